The lowest BCUT2D eigenvalue weighted by Crippen LogP contribution is -2.62. The van der Waals surface area contributed by atoms with Crippen LogP contribution in [0.25, 0.3) is 66.8 Å². The van der Waals surface area contributed by atoms with Gasteiger partial charge in [0.15, 0.2) is 0 Å². The highest BCUT2D eigenvalue weighted by Crippen LogP contribution is 2.53. The molecule has 0 unspecified atom stereocenters. The molecule has 370 valence electrons. The van der Waals surface area contributed by atoms with Crippen molar-refractivity contribution in [2.75, 3.05) is 9.80 Å². The van der Waals surface area contributed by atoms with E-state index in [2.05, 4.69) is 125 Å². The highest BCUT2D eigenvalue weighted by molar-refractivity contribution is 7.02. The van der Waals surface area contributed by atoms with Crippen LogP contribution in [0.4, 0.5) is 60.5 Å². The molecule has 0 spiro atoms. The zero-order valence-corrected chi connectivity index (χ0v) is 41.1. The highest BCUT2D eigenvalue weighted by Gasteiger charge is 2.47. The van der Waals surface area contributed by atoms with Crippen molar-refractivity contribution in [1.82, 2.24) is 0 Å². The van der Waals surface area contributed by atoms with Crippen LogP contribution >= 0.6 is 0 Å². The Labute approximate surface area is 442 Å². The van der Waals surface area contributed by atoms with Gasteiger partial charge in [-0.2, -0.15) is 26.3 Å². The van der Waals surface area contributed by atoms with Gasteiger partial charge < -0.3 is 9.80 Å². The molecule has 77 heavy (non-hydrogen) atoms. The van der Waals surface area contributed by atoms with Gasteiger partial charge in [-0.15, -0.1) is 0 Å². The maximum absolute atomic E-state index is 14.2. The molecule has 13 rings (SSSR count). The summed E-state index contributed by atoms with van der Waals surface area (Å²) in [4.78, 5) is 4.61. The molecule has 11 aromatic carbocycles. The van der Waals surface area contributed by atoms with Gasteiger partial charge in [-0.05, 0) is 109 Å². The van der Waals surface area contributed by atoms with Gasteiger partial charge in [0.2, 0.25) is 0 Å². The largest absolute Gasteiger partial charge is 0.416 e. The molecule has 0 N–H and O–H groups in total. The zero-order valence-electron chi connectivity index (χ0n) is 41.1. The molecule has 11 aromatic rings. The van der Waals surface area contributed by atoms with E-state index in [0.29, 0.717) is 11.1 Å². The van der Waals surface area contributed by atoms with E-state index in [1.54, 1.807) is 24.3 Å². The second-order valence-corrected chi connectivity index (χ2v) is 19.3. The van der Waals surface area contributed by atoms with Gasteiger partial charge in [-0.25, -0.2) is 0 Å². The Hall–Kier alpha value is -9.34. The smallest absolute Gasteiger partial charge is 0.310 e. The second kappa shape index (κ2) is 18.8. The molecule has 0 bridgehead atoms. The van der Waals surface area contributed by atoms with Crippen LogP contribution in [-0.2, 0) is 12.4 Å². The molecule has 0 radical (unpaired) electrons. The van der Waals surface area contributed by atoms with Gasteiger partial charge in [-0.1, -0.05) is 212 Å². The van der Waals surface area contributed by atoms with Crippen LogP contribution in [0.1, 0.15) is 11.1 Å². The van der Waals surface area contributed by atoms with E-state index >= 15 is 0 Å². The third-order valence-electron chi connectivity index (χ3n) is 15.0. The Morgan fingerprint density at radius 3 is 0.792 bits per heavy atom. The summed E-state index contributed by atoms with van der Waals surface area (Å²) in [7, 11) is 0. The minimum atomic E-state index is -4.53. The van der Waals surface area contributed by atoms with Gasteiger partial charge in [-0.3, -0.25) is 0 Å². The average molecular weight is 1010 g/mol. The monoisotopic (exact) mass is 1010 g/mol. The van der Waals surface area contributed by atoms with Gasteiger partial charge >= 0.3 is 12.4 Å². The van der Waals surface area contributed by atoms with Crippen LogP contribution < -0.4 is 26.2 Å². The lowest BCUT2D eigenvalue weighted by atomic mass is 9.32. The Morgan fingerprint density at radius 2 is 0.481 bits per heavy atom. The van der Waals surface area contributed by atoms with Crippen molar-refractivity contribution in [3.8, 4) is 66.8 Å². The van der Waals surface area contributed by atoms with E-state index in [0.717, 1.165) is 130 Å². The van der Waals surface area contributed by atoms with E-state index in [1.807, 2.05) is 97.1 Å². The molecule has 0 amide bonds. The van der Waals surface area contributed by atoms with Crippen LogP contribution in [-0.4, -0.2) is 6.71 Å². The van der Waals surface area contributed by atoms with Crippen molar-refractivity contribution in [2.45, 2.75) is 12.4 Å². The topological polar surface area (TPSA) is 6.48 Å². The van der Waals surface area contributed by atoms with E-state index in [-0.39, 0.29) is 0 Å². The summed E-state index contributed by atoms with van der Waals surface area (Å²) < 4.78 is 85.5. The van der Waals surface area contributed by atoms with Crippen LogP contribution in [0.3, 0.4) is 0 Å². The van der Waals surface area contributed by atoms with E-state index < -0.39 is 30.2 Å². The standard InChI is InChI=1S/C68H43BF6N2/c70-67(71,72)50-40-36-48(37-41-50)56-30-13-28-54(46-22-9-3-10-23-46)65(56)76-58-32-15-26-52(44-18-5-1-6-19-44)62(58)69-63-53(45-20-7-2-8-21-45)27-16-33-59(63)77(61-35-17-34-60(76)64(61)69)66-55(47-24-11-4-12-25-47)29-14-31-57(66)49-38-42-51(43-39-49)68(73,74)75/h1-43H. The van der Waals surface area contributed by atoms with E-state index in [4.69, 9.17) is 0 Å². The average Bonchev–Trinajstić information content (AvgIpc) is 3.65. The SMILES string of the molecule is FC(F)(F)c1ccc(-c2cccc(-c3ccccc3)c2N2c3cccc(-c4ccccc4)c3B3c4c(-c5ccccc5)cccc4N(c4c(-c5ccccc5)cccc4-c4ccc(C(F)(F)F)cc4)c4cccc2c43)cc1. The molecular formula is C68H43BF6N2. The van der Waals surface area contributed by atoms with Gasteiger partial charge in [0, 0.05) is 45.0 Å². The first-order chi connectivity index (χ1) is 37.5. The molecule has 2 heterocycles. The molecule has 2 aliphatic rings. The number of fused-ring (bicyclic) bond motifs is 4. The summed E-state index contributed by atoms with van der Waals surface area (Å²) >= 11 is 0. The maximum Gasteiger partial charge on any atom is 0.416 e. The number of anilines is 6. The van der Waals surface area contributed by atoms with E-state index in [9.17, 15) is 26.3 Å². The predicted octanol–water partition coefficient (Wildman–Crippen LogP) is 17.8. The van der Waals surface area contributed by atoms with Crippen LogP contribution in [0.2, 0.25) is 0 Å². The molecule has 0 fully saturated rings. The summed E-state index contributed by atoms with van der Waals surface area (Å²) in [5.41, 5.74) is 16.9. The fourth-order valence-electron chi connectivity index (χ4n) is 11.7. The Balaban J connectivity index is 1.18. The number of alkyl halides is 6. The van der Waals surface area contributed by atoms with Crippen molar-refractivity contribution < 1.29 is 26.3 Å². The first-order valence-corrected chi connectivity index (χ1v) is 25.3. The Morgan fingerprint density at radius 1 is 0.234 bits per heavy atom. The number of halogens is 6. The maximum atomic E-state index is 14.2. The fraction of sp³-hybridized carbons (Fsp3) is 0.0294. The first-order valence-electron chi connectivity index (χ1n) is 25.3. The zero-order chi connectivity index (χ0) is 52.4. The van der Waals surface area contributed by atoms with Gasteiger partial charge in [0.05, 0.1) is 22.5 Å². The van der Waals surface area contributed by atoms with Crippen LogP contribution in [0.5, 0.6) is 0 Å². The molecule has 2 nitrogen and oxygen atoms in total. The Kier molecular flexibility index (Phi) is 11.6. The molecule has 9 heteroatoms. The normalized spacial score (nSPS) is 12.7. The lowest BCUT2D eigenvalue weighted by molar-refractivity contribution is -0.138. The minimum absolute atomic E-state index is 0.414. The quantitative estimate of drug-likeness (QED) is 0.111. The van der Waals surface area contributed by atoms with Crippen molar-refractivity contribution in [3.63, 3.8) is 0 Å². The number of hydrogen-bond acceptors (Lipinski definition) is 2. The van der Waals surface area contributed by atoms with Gasteiger partial charge in [0.25, 0.3) is 6.71 Å². The minimum Gasteiger partial charge on any atom is -0.310 e. The molecule has 0 saturated carbocycles. The molecular weight excluding hydrogens is 970 g/mol. The summed E-state index contributed by atoms with van der Waals surface area (Å²) in [5.74, 6) is 0. The molecule has 0 aliphatic carbocycles. The summed E-state index contributed by atoms with van der Waals surface area (Å²) in [5, 5.41) is 0. The molecule has 0 aromatic heterocycles. The first kappa shape index (κ1) is 47.4. The molecule has 0 atom stereocenters. The van der Waals surface area contributed by atoms with Gasteiger partial charge in [0.1, 0.15) is 0 Å². The van der Waals surface area contributed by atoms with Crippen molar-refractivity contribution in [1.29, 1.82) is 0 Å². The van der Waals surface area contributed by atoms with Crippen molar-refractivity contribution >= 4 is 57.2 Å². The Bertz CT molecular complexity index is 3740. The van der Waals surface area contributed by atoms with Crippen molar-refractivity contribution in [3.05, 3.63) is 272 Å². The van der Waals surface area contributed by atoms with Crippen LogP contribution in [0.15, 0.2) is 261 Å². The predicted molar refractivity (Wildman–Crippen MR) is 303 cm³/mol. The summed E-state index contributed by atoms with van der Waals surface area (Å²) in [6, 6.07) is 82.7. The lowest BCUT2D eigenvalue weighted by Gasteiger charge is -2.46. The number of para-hydroxylation sites is 2. The molecule has 0 saturated heterocycles. The van der Waals surface area contributed by atoms with Crippen LogP contribution in [0, 0.1) is 0 Å². The number of hydrogen-bond donors (Lipinski definition) is 0. The molecule has 2 aliphatic heterocycles. The third kappa shape index (κ3) is 8.17. The number of rotatable bonds is 8. The number of nitrogens with zero attached hydrogens (tertiary/aromatic N) is 2. The second-order valence-electron chi connectivity index (χ2n) is 19.3. The highest BCUT2D eigenvalue weighted by atomic mass is 19.4. The third-order valence-corrected chi connectivity index (χ3v) is 15.0. The van der Waals surface area contributed by atoms with Crippen molar-refractivity contribution in [2.24, 2.45) is 0 Å². The van der Waals surface area contributed by atoms with E-state index in [1.165, 1.54) is 0 Å². The summed E-state index contributed by atoms with van der Waals surface area (Å²) in [6.07, 6.45) is -9.06. The fourth-order valence-corrected chi connectivity index (χ4v) is 11.7. The number of benzene rings is 11. The summed E-state index contributed by atoms with van der Waals surface area (Å²) in [6.45, 7) is -0.414.